The van der Waals surface area contributed by atoms with Gasteiger partial charge in [-0.15, -0.1) is 0 Å². The predicted octanol–water partition coefficient (Wildman–Crippen LogP) is 3.80. The summed E-state index contributed by atoms with van der Waals surface area (Å²) >= 11 is 3.56. The highest BCUT2D eigenvalue weighted by Gasteiger charge is 2.13. The average Bonchev–Trinajstić information content (AvgIpc) is 2.63. The number of benzene rings is 1. The van der Waals surface area contributed by atoms with Gasteiger partial charge in [0.2, 0.25) is 0 Å². The number of carboxylic acids is 1. The normalized spacial score (nSPS) is 13.8. The van der Waals surface area contributed by atoms with E-state index in [1.807, 2.05) is 12.1 Å². The molecule has 0 saturated carbocycles. The second-order valence-electron chi connectivity index (χ2n) is 4.90. The van der Waals surface area contributed by atoms with Crippen molar-refractivity contribution in [1.29, 1.82) is 0 Å². The molecule has 0 unspecified atom stereocenters. The molecule has 0 fully saturated rings. The van der Waals surface area contributed by atoms with Gasteiger partial charge >= 0.3 is 5.97 Å². The lowest BCUT2D eigenvalue weighted by Gasteiger charge is -2.11. The van der Waals surface area contributed by atoms with Gasteiger partial charge in [0, 0.05) is 17.3 Å². The highest BCUT2D eigenvalue weighted by atomic mass is 79.9. The number of hydrogen-bond donors (Lipinski definition) is 1. The summed E-state index contributed by atoms with van der Waals surface area (Å²) in [5.41, 5.74) is 1.18. The van der Waals surface area contributed by atoms with Crippen LogP contribution in [0, 0.1) is 0 Å². The fourth-order valence-electron chi connectivity index (χ4n) is 2.19. The third kappa shape index (κ3) is 4.40. The minimum absolute atomic E-state index is 0.252. The monoisotopic (exact) mass is 342 g/mol. The van der Waals surface area contributed by atoms with Gasteiger partial charge in [0.1, 0.15) is 0 Å². The Morgan fingerprint density at radius 1 is 1.15 bits per heavy atom. The quantitative estimate of drug-likeness (QED) is 0.799. The molecule has 0 radical (unpaired) electrons. The molecular weight excluding hydrogens is 324 g/mol. The van der Waals surface area contributed by atoms with Crippen molar-refractivity contribution in [2.75, 3.05) is 13.2 Å². The van der Waals surface area contributed by atoms with E-state index in [2.05, 4.69) is 15.9 Å². The van der Waals surface area contributed by atoms with Crippen LogP contribution in [0.25, 0.3) is 0 Å². The van der Waals surface area contributed by atoms with Crippen LogP contribution in [0.3, 0.4) is 0 Å². The van der Waals surface area contributed by atoms with Crippen molar-refractivity contribution in [3.63, 3.8) is 0 Å². The Morgan fingerprint density at radius 3 is 2.55 bits per heavy atom. The van der Waals surface area contributed by atoms with Crippen molar-refractivity contribution in [3.05, 3.63) is 22.2 Å². The van der Waals surface area contributed by atoms with Gasteiger partial charge in [-0.2, -0.15) is 0 Å². The summed E-state index contributed by atoms with van der Waals surface area (Å²) in [7, 11) is 0. The Morgan fingerprint density at radius 2 is 1.85 bits per heavy atom. The third-order valence-corrected chi connectivity index (χ3v) is 3.99. The number of hydrogen-bond acceptors (Lipinski definition) is 3. The van der Waals surface area contributed by atoms with Gasteiger partial charge in [-0.3, -0.25) is 4.79 Å². The van der Waals surface area contributed by atoms with Gasteiger partial charge in [-0.05, 0) is 37.0 Å². The first-order valence-electron chi connectivity index (χ1n) is 6.96. The number of carbonyl (C=O) groups is 1. The van der Waals surface area contributed by atoms with Gasteiger partial charge in [0.25, 0.3) is 0 Å². The van der Waals surface area contributed by atoms with E-state index in [-0.39, 0.29) is 6.42 Å². The first-order chi connectivity index (χ1) is 9.66. The average molecular weight is 343 g/mol. The fraction of sp³-hybridized carbons (Fsp3) is 0.533. The molecule has 4 nitrogen and oxygen atoms in total. The molecule has 0 bridgehead atoms. The van der Waals surface area contributed by atoms with Crippen LogP contribution in [-0.2, 0) is 11.2 Å². The van der Waals surface area contributed by atoms with Crippen molar-refractivity contribution in [2.24, 2.45) is 0 Å². The Bertz CT molecular complexity index is 473. The Kier molecular flexibility index (Phi) is 5.71. The zero-order chi connectivity index (χ0) is 14.4. The Hall–Kier alpha value is -1.23. The fourth-order valence-corrected chi connectivity index (χ4v) is 2.71. The van der Waals surface area contributed by atoms with Crippen LogP contribution in [0.1, 0.15) is 37.7 Å². The molecule has 1 aliphatic heterocycles. The lowest BCUT2D eigenvalue weighted by Crippen LogP contribution is -1.97. The molecule has 0 aliphatic carbocycles. The molecule has 0 atom stereocenters. The standard InChI is InChI=1S/C15H19BrO4/c16-12-10-14-13(19-7-4-8-20-14)9-11(12)5-2-1-3-6-15(17)18/h9-10H,1-8H2,(H,17,18). The molecule has 1 heterocycles. The van der Waals surface area contributed by atoms with E-state index >= 15 is 0 Å². The molecule has 0 amide bonds. The van der Waals surface area contributed by atoms with Crippen molar-refractivity contribution < 1.29 is 19.4 Å². The number of ether oxygens (including phenoxy) is 2. The van der Waals surface area contributed by atoms with Crippen LogP contribution < -0.4 is 9.47 Å². The van der Waals surface area contributed by atoms with E-state index in [0.29, 0.717) is 13.2 Å². The van der Waals surface area contributed by atoms with Gasteiger partial charge in [-0.1, -0.05) is 22.4 Å². The predicted molar refractivity (Wildman–Crippen MR) is 79.6 cm³/mol. The molecular formula is C15H19BrO4. The van der Waals surface area contributed by atoms with Crippen molar-refractivity contribution in [3.8, 4) is 11.5 Å². The number of aryl methyl sites for hydroxylation is 1. The maximum Gasteiger partial charge on any atom is 0.303 e. The molecule has 0 spiro atoms. The number of carboxylic acid groups (broad SMARTS) is 1. The molecule has 0 saturated heterocycles. The number of rotatable bonds is 6. The number of aliphatic carboxylic acids is 1. The minimum Gasteiger partial charge on any atom is -0.490 e. The molecule has 2 rings (SSSR count). The van der Waals surface area contributed by atoms with Crippen LogP contribution in [0.2, 0.25) is 0 Å². The van der Waals surface area contributed by atoms with E-state index < -0.39 is 5.97 Å². The summed E-state index contributed by atoms with van der Waals surface area (Å²) in [5.74, 6) is 0.886. The largest absolute Gasteiger partial charge is 0.490 e. The van der Waals surface area contributed by atoms with Crippen LogP contribution in [0.5, 0.6) is 11.5 Å². The van der Waals surface area contributed by atoms with Crippen LogP contribution in [-0.4, -0.2) is 24.3 Å². The van der Waals surface area contributed by atoms with Crippen molar-refractivity contribution >= 4 is 21.9 Å². The summed E-state index contributed by atoms with van der Waals surface area (Å²) in [5, 5.41) is 8.60. The summed E-state index contributed by atoms with van der Waals surface area (Å²) in [6.45, 7) is 1.38. The second-order valence-corrected chi connectivity index (χ2v) is 5.75. The third-order valence-electron chi connectivity index (χ3n) is 3.25. The zero-order valence-electron chi connectivity index (χ0n) is 11.4. The molecule has 20 heavy (non-hydrogen) atoms. The van der Waals surface area contributed by atoms with E-state index in [4.69, 9.17) is 14.6 Å². The molecule has 5 heteroatoms. The molecule has 1 aromatic rings. The van der Waals surface area contributed by atoms with Gasteiger partial charge in [0.15, 0.2) is 11.5 Å². The van der Waals surface area contributed by atoms with E-state index in [0.717, 1.165) is 48.1 Å². The smallest absolute Gasteiger partial charge is 0.303 e. The Labute approximate surface area is 127 Å². The van der Waals surface area contributed by atoms with Gasteiger partial charge in [-0.25, -0.2) is 0 Å². The van der Waals surface area contributed by atoms with Crippen LogP contribution in [0.4, 0.5) is 0 Å². The molecule has 1 N–H and O–H groups in total. The first-order valence-corrected chi connectivity index (χ1v) is 7.76. The van der Waals surface area contributed by atoms with E-state index in [9.17, 15) is 4.79 Å². The zero-order valence-corrected chi connectivity index (χ0v) is 12.9. The number of fused-ring (bicyclic) bond motifs is 1. The summed E-state index contributed by atoms with van der Waals surface area (Å²) in [6.07, 6.45) is 4.70. The maximum absolute atomic E-state index is 10.4. The van der Waals surface area contributed by atoms with Gasteiger partial charge in [0.05, 0.1) is 13.2 Å². The summed E-state index contributed by atoms with van der Waals surface area (Å²) in [6, 6.07) is 4.00. The molecule has 110 valence electrons. The first kappa shape index (κ1) is 15.2. The van der Waals surface area contributed by atoms with E-state index in [1.54, 1.807) is 0 Å². The molecule has 0 aromatic heterocycles. The SMILES string of the molecule is O=C(O)CCCCCc1cc2c(cc1Br)OCCCO2. The van der Waals surface area contributed by atoms with Gasteiger partial charge < -0.3 is 14.6 Å². The lowest BCUT2D eigenvalue weighted by molar-refractivity contribution is -0.137. The highest BCUT2D eigenvalue weighted by molar-refractivity contribution is 9.10. The summed E-state index contributed by atoms with van der Waals surface area (Å²) < 4.78 is 12.3. The van der Waals surface area contributed by atoms with E-state index in [1.165, 1.54) is 5.56 Å². The van der Waals surface area contributed by atoms with Crippen LogP contribution >= 0.6 is 15.9 Å². The maximum atomic E-state index is 10.4. The Balaban J connectivity index is 1.91. The topological polar surface area (TPSA) is 55.8 Å². The second kappa shape index (κ2) is 7.53. The minimum atomic E-state index is -0.721. The summed E-state index contributed by atoms with van der Waals surface area (Å²) in [4.78, 5) is 10.4. The van der Waals surface area contributed by atoms with Crippen molar-refractivity contribution in [1.82, 2.24) is 0 Å². The van der Waals surface area contributed by atoms with Crippen LogP contribution in [0.15, 0.2) is 16.6 Å². The highest BCUT2D eigenvalue weighted by Crippen LogP contribution is 2.35. The molecule has 1 aliphatic rings. The van der Waals surface area contributed by atoms with Crippen molar-refractivity contribution in [2.45, 2.75) is 38.5 Å². The molecule has 1 aromatic carbocycles. The number of halogens is 1. The number of unbranched alkanes of at least 4 members (excludes halogenated alkanes) is 2. The lowest BCUT2D eigenvalue weighted by atomic mass is 10.1.